The topological polar surface area (TPSA) is 33.2 Å². The van der Waals surface area contributed by atoms with Gasteiger partial charge >= 0.3 is 0 Å². The van der Waals surface area contributed by atoms with Crippen LogP contribution in [0.3, 0.4) is 0 Å². The van der Waals surface area contributed by atoms with E-state index in [4.69, 9.17) is 0 Å². The first kappa shape index (κ1) is 14.3. The van der Waals surface area contributed by atoms with Gasteiger partial charge in [-0.15, -0.1) is 11.3 Å². The standard InChI is InChI=1S/C17H20N2OS/c1-11(13-9-10-13)19(3)17(20)15-16(21-12(2)18-15)14-7-5-4-6-8-14/h4-8,11,13H,9-10H2,1-3H3. The van der Waals surface area contributed by atoms with Gasteiger partial charge in [0.25, 0.3) is 5.91 Å². The number of rotatable bonds is 4. The zero-order valence-corrected chi connectivity index (χ0v) is 13.5. The number of amides is 1. The summed E-state index contributed by atoms with van der Waals surface area (Å²) in [5, 5.41) is 0.935. The summed E-state index contributed by atoms with van der Waals surface area (Å²) in [5.41, 5.74) is 1.66. The molecule has 4 heteroatoms. The van der Waals surface area contributed by atoms with E-state index in [-0.39, 0.29) is 5.91 Å². The molecule has 1 aliphatic rings. The highest BCUT2D eigenvalue weighted by molar-refractivity contribution is 7.15. The molecule has 1 aromatic heterocycles. The third kappa shape index (κ3) is 2.86. The Kier molecular flexibility index (Phi) is 3.81. The lowest BCUT2D eigenvalue weighted by molar-refractivity contribution is 0.0723. The van der Waals surface area contributed by atoms with E-state index < -0.39 is 0 Å². The maximum Gasteiger partial charge on any atom is 0.273 e. The number of thiazole rings is 1. The Morgan fingerprint density at radius 3 is 2.62 bits per heavy atom. The van der Waals surface area contributed by atoms with Crippen molar-refractivity contribution in [2.45, 2.75) is 32.7 Å². The lowest BCUT2D eigenvalue weighted by atomic mass is 10.1. The monoisotopic (exact) mass is 300 g/mol. The molecule has 1 heterocycles. The van der Waals surface area contributed by atoms with Gasteiger partial charge in [-0.1, -0.05) is 30.3 Å². The molecule has 3 nitrogen and oxygen atoms in total. The molecule has 1 fully saturated rings. The van der Waals surface area contributed by atoms with Gasteiger partial charge in [0.1, 0.15) is 5.69 Å². The van der Waals surface area contributed by atoms with Crippen LogP contribution in [0.5, 0.6) is 0 Å². The fourth-order valence-corrected chi connectivity index (χ4v) is 3.52. The Hall–Kier alpha value is -1.68. The summed E-state index contributed by atoms with van der Waals surface area (Å²) in [6.07, 6.45) is 2.47. The van der Waals surface area contributed by atoms with E-state index in [0.717, 1.165) is 15.4 Å². The first-order valence-electron chi connectivity index (χ1n) is 7.38. The zero-order valence-electron chi connectivity index (χ0n) is 12.7. The Labute approximate surface area is 129 Å². The van der Waals surface area contributed by atoms with Gasteiger partial charge in [-0.3, -0.25) is 4.79 Å². The van der Waals surface area contributed by atoms with Crippen LogP contribution in [0.1, 0.15) is 35.3 Å². The van der Waals surface area contributed by atoms with Crippen LogP contribution in [0.4, 0.5) is 0 Å². The molecule has 0 N–H and O–H groups in total. The number of benzene rings is 1. The van der Waals surface area contributed by atoms with E-state index in [1.807, 2.05) is 49.2 Å². The predicted molar refractivity (Wildman–Crippen MR) is 86.6 cm³/mol. The largest absolute Gasteiger partial charge is 0.337 e. The summed E-state index contributed by atoms with van der Waals surface area (Å²) < 4.78 is 0. The summed E-state index contributed by atoms with van der Waals surface area (Å²) in [6.45, 7) is 4.09. The van der Waals surface area contributed by atoms with Gasteiger partial charge in [-0.25, -0.2) is 4.98 Å². The molecule has 1 amide bonds. The smallest absolute Gasteiger partial charge is 0.273 e. The number of carbonyl (C=O) groups is 1. The molecule has 1 unspecified atom stereocenters. The maximum absolute atomic E-state index is 12.8. The number of carbonyl (C=O) groups excluding carboxylic acids is 1. The predicted octanol–water partition coefficient (Wildman–Crippen LogP) is 3.99. The highest BCUT2D eigenvalue weighted by atomic mass is 32.1. The third-order valence-corrected chi connectivity index (χ3v) is 5.23. The van der Waals surface area contributed by atoms with Crippen molar-refractivity contribution < 1.29 is 4.79 Å². The summed E-state index contributed by atoms with van der Waals surface area (Å²) in [6, 6.07) is 10.3. The Morgan fingerprint density at radius 2 is 2.00 bits per heavy atom. The molecule has 0 bridgehead atoms. The number of aromatic nitrogens is 1. The van der Waals surface area contributed by atoms with Gasteiger partial charge in [0, 0.05) is 13.1 Å². The molecule has 110 valence electrons. The molecular formula is C17H20N2OS. The van der Waals surface area contributed by atoms with E-state index in [1.54, 1.807) is 11.3 Å². The van der Waals surface area contributed by atoms with Crippen molar-refractivity contribution in [2.75, 3.05) is 7.05 Å². The van der Waals surface area contributed by atoms with Gasteiger partial charge in [0.2, 0.25) is 0 Å². The first-order chi connectivity index (χ1) is 10.1. The Morgan fingerprint density at radius 1 is 1.33 bits per heavy atom. The van der Waals surface area contributed by atoms with E-state index in [9.17, 15) is 4.79 Å². The maximum atomic E-state index is 12.8. The van der Waals surface area contributed by atoms with Crippen molar-refractivity contribution in [1.82, 2.24) is 9.88 Å². The van der Waals surface area contributed by atoms with Crippen molar-refractivity contribution in [3.63, 3.8) is 0 Å². The molecular weight excluding hydrogens is 280 g/mol. The molecule has 0 radical (unpaired) electrons. The van der Waals surface area contributed by atoms with Crippen molar-refractivity contribution in [3.8, 4) is 10.4 Å². The average molecular weight is 300 g/mol. The van der Waals surface area contributed by atoms with Crippen LogP contribution in [-0.2, 0) is 0 Å². The molecule has 0 aliphatic heterocycles. The van der Waals surface area contributed by atoms with Crippen LogP contribution < -0.4 is 0 Å². The SMILES string of the molecule is Cc1nc(C(=O)N(C)C(C)C2CC2)c(-c2ccccc2)s1. The minimum atomic E-state index is 0.0394. The molecule has 1 aliphatic carbocycles. The summed E-state index contributed by atoms with van der Waals surface area (Å²) >= 11 is 1.59. The van der Waals surface area contributed by atoms with E-state index in [2.05, 4.69) is 11.9 Å². The quantitative estimate of drug-likeness (QED) is 0.855. The molecule has 1 atom stereocenters. The molecule has 0 saturated heterocycles. The van der Waals surface area contributed by atoms with Gasteiger partial charge < -0.3 is 4.90 Å². The number of hydrogen-bond acceptors (Lipinski definition) is 3. The van der Waals surface area contributed by atoms with Gasteiger partial charge in [0.05, 0.1) is 9.88 Å². The van der Waals surface area contributed by atoms with Crippen LogP contribution in [-0.4, -0.2) is 28.9 Å². The van der Waals surface area contributed by atoms with Crippen LogP contribution in [0.15, 0.2) is 30.3 Å². The molecule has 0 spiro atoms. The minimum absolute atomic E-state index is 0.0394. The van der Waals surface area contributed by atoms with Crippen molar-refractivity contribution in [1.29, 1.82) is 0 Å². The average Bonchev–Trinajstić information content (AvgIpc) is 3.28. The third-order valence-electron chi connectivity index (χ3n) is 4.21. The van der Waals surface area contributed by atoms with Gasteiger partial charge in [-0.2, -0.15) is 0 Å². The summed E-state index contributed by atoms with van der Waals surface area (Å²) in [5.74, 6) is 0.705. The van der Waals surface area contributed by atoms with Crippen molar-refractivity contribution >= 4 is 17.2 Å². The Balaban J connectivity index is 1.93. The second-order valence-electron chi connectivity index (χ2n) is 5.77. The second-order valence-corrected chi connectivity index (χ2v) is 6.97. The number of hydrogen-bond donors (Lipinski definition) is 0. The van der Waals surface area contributed by atoms with Crippen molar-refractivity contribution in [3.05, 3.63) is 41.0 Å². The highest BCUT2D eigenvalue weighted by Gasteiger charge is 2.34. The molecule has 3 rings (SSSR count). The first-order valence-corrected chi connectivity index (χ1v) is 8.19. The molecule has 21 heavy (non-hydrogen) atoms. The fraction of sp³-hybridized carbons (Fsp3) is 0.412. The van der Waals surface area contributed by atoms with Crippen molar-refractivity contribution in [2.24, 2.45) is 5.92 Å². The van der Waals surface area contributed by atoms with E-state index in [0.29, 0.717) is 17.7 Å². The number of nitrogens with zero attached hydrogens (tertiary/aromatic N) is 2. The van der Waals surface area contributed by atoms with E-state index >= 15 is 0 Å². The van der Waals surface area contributed by atoms with Crippen LogP contribution in [0.2, 0.25) is 0 Å². The zero-order chi connectivity index (χ0) is 15.0. The molecule has 2 aromatic rings. The molecule has 1 saturated carbocycles. The molecule has 1 aromatic carbocycles. The summed E-state index contributed by atoms with van der Waals surface area (Å²) in [7, 11) is 1.90. The lowest BCUT2D eigenvalue weighted by Gasteiger charge is -2.24. The fourth-order valence-electron chi connectivity index (χ4n) is 2.60. The van der Waals surface area contributed by atoms with E-state index in [1.165, 1.54) is 12.8 Å². The summed E-state index contributed by atoms with van der Waals surface area (Å²) in [4.78, 5) is 20.1. The second kappa shape index (κ2) is 5.60. The Bertz CT molecular complexity index is 646. The van der Waals surface area contributed by atoms with Crippen LogP contribution in [0, 0.1) is 12.8 Å². The normalized spacial score (nSPS) is 15.8. The van der Waals surface area contributed by atoms with Crippen LogP contribution in [0.25, 0.3) is 10.4 Å². The minimum Gasteiger partial charge on any atom is -0.337 e. The van der Waals surface area contributed by atoms with Gasteiger partial charge in [0.15, 0.2) is 0 Å². The van der Waals surface area contributed by atoms with Crippen LogP contribution >= 0.6 is 11.3 Å². The lowest BCUT2D eigenvalue weighted by Crippen LogP contribution is -2.36. The highest BCUT2D eigenvalue weighted by Crippen LogP contribution is 2.36. The number of aryl methyl sites for hydroxylation is 1. The van der Waals surface area contributed by atoms with Gasteiger partial charge in [-0.05, 0) is 38.2 Å².